The molecule has 0 fully saturated rings. The van der Waals surface area contributed by atoms with E-state index < -0.39 is 0 Å². The van der Waals surface area contributed by atoms with Crippen molar-refractivity contribution in [3.63, 3.8) is 0 Å². The van der Waals surface area contributed by atoms with Gasteiger partial charge >= 0.3 is 0 Å². The minimum atomic E-state index is 0.0625. The number of aromatic hydroxyl groups is 2. The second kappa shape index (κ2) is 4.55. The summed E-state index contributed by atoms with van der Waals surface area (Å²) in [5, 5.41) is 19.5. The zero-order valence-electron chi connectivity index (χ0n) is 9.14. The normalized spacial score (nSPS) is 10.2. The Bertz CT molecular complexity index is 552. The second-order valence-electron chi connectivity index (χ2n) is 3.55. The van der Waals surface area contributed by atoms with Crippen molar-refractivity contribution in [1.29, 1.82) is 0 Å². The maximum absolute atomic E-state index is 9.50. The van der Waals surface area contributed by atoms with Gasteiger partial charge in [0.25, 0.3) is 0 Å². The predicted molar refractivity (Wildman–Crippen MR) is 66.8 cm³/mol. The number of hydrogen-bond donors (Lipinski definition) is 2. The molecule has 88 valence electrons. The quantitative estimate of drug-likeness (QED) is 0.859. The Balaban J connectivity index is 2.56. The number of hydrogen-bond acceptors (Lipinski definition) is 3. The van der Waals surface area contributed by atoms with Crippen LogP contribution in [-0.2, 0) is 0 Å². The van der Waals surface area contributed by atoms with E-state index in [-0.39, 0.29) is 11.5 Å². The van der Waals surface area contributed by atoms with E-state index in [0.717, 1.165) is 5.56 Å². The van der Waals surface area contributed by atoms with E-state index in [1.165, 1.54) is 19.2 Å². The molecule has 17 heavy (non-hydrogen) atoms. The number of halogens is 1. The molecule has 0 spiro atoms. The van der Waals surface area contributed by atoms with Crippen LogP contribution in [0.15, 0.2) is 36.4 Å². The summed E-state index contributed by atoms with van der Waals surface area (Å²) in [5.74, 6) is 0.561. The number of ether oxygens (including phenoxy) is 1. The Morgan fingerprint density at radius 2 is 1.82 bits per heavy atom. The van der Waals surface area contributed by atoms with Crippen molar-refractivity contribution < 1.29 is 14.9 Å². The van der Waals surface area contributed by atoms with Crippen LogP contribution in [0.3, 0.4) is 0 Å². The van der Waals surface area contributed by atoms with Gasteiger partial charge in [0.05, 0.1) is 7.11 Å². The van der Waals surface area contributed by atoms with Gasteiger partial charge in [0, 0.05) is 10.6 Å². The van der Waals surface area contributed by atoms with Crippen molar-refractivity contribution in [2.24, 2.45) is 0 Å². The van der Waals surface area contributed by atoms with Crippen LogP contribution in [0, 0.1) is 0 Å². The van der Waals surface area contributed by atoms with Crippen LogP contribution in [0.5, 0.6) is 17.2 Å². The maximum atomic E-state index is 9.50. The summed E-state index contributed by atoms with van der Waals surface area (Å²) < 4.78 is 5.02. The lowest BCUT2D eigenvalue weighted by atomic mass is 10.0. The lowest BCUT2D eigenvalue weighted by Gasteiger charge is -2.08. The molecular formula is C13H11ClO3. The molecule has 2 N–H and O–H groups in total. The van der Waals surface area contributed by atoms with Crippen LogP contribution in [0.4, 0.5) is 0 Å². The monoisotopic (exact) mass is 250 g/mol. The highest BCUT2D eigenvalue weighted by Gasteiger charge is 2.08. The standard InChI is InChI=1S/C13H11ClO3/c1-17-13-6-8(2-5-12(13)16)10-7-9(15)3-4-11(10)14/h2-7,15-16H,1H3. The molecule has 0 aliphatic rings. The van der Waals surface area contributed by atoms with Gasteiger partial charge in [-0.15, -0.1) is 0 Å². The van der Waals surface area contributed by atoms with E-state index in [1.807, 2.05) is 0 Å². The van der Waals surface area contributed by atoms with E-state index in [1.54, 1.807) is 24.3 Å². The molecule has 3 nitrogen and oxygen atoms in total. The first kappa shape index (κ1) is 11.6. The largest absolute Gasteiger partial charge is 0.508 e. The number of rotatable bonds is 2. The third kappa shape index (κ3) is 2.29. The van der Waals surface area contributed by atoms with E-state index in [9.17, 15) is 10.2 Å². The van der Waals surface area contributed by atoms with Crippen molar-refractivity contribution in [1.82, 2.24) is 0 Å². The molecule has 0 radical (unpaired) electrons. The lowest BCUT2D eigenvalue weighted by Crippen LogP contribution is -1.86. The molecular weight excluding hydrogens is 240 g/mol. The van der Waals surface area contributed by atoms with Crippen molar-refractivity contribution in [3.8, 4) is 28.4 Å². The smallest absolute Gasteiger partial charge is 0.161 e. The van der Waals surface area contributed by atoms with Gasteiger partial charge in [-0.3, -0.25) is 0 Å². The fourth-order valence-electron chi connectivity index (χ4n) is 1.58. The van der Waals surface area contributed by atoms with Crippen LogP contribution >= 0.6 is 11.6 Å². The first-order valence-electron chi connectivity index (χ1n) is 4.97. The molecule has 0 atom stereocenters. The van der Waals surface area contributed by atoms with Crippen LogP contribution in [-0.4, -0.2) is 17.3 Å². The number of methoxy groups -OCH3 is 1. The Morgan fingerprint density at radius 3 is 2.53 bits per heavy atom. The number of phenols is 2. The minimum absolute atomic E-state index is 0.0625. The summed E-state index contributed by atoms with van der Waals surface area (Å²) in [7, 11) is 1.48. The Kier molecular flexibility index (Phi) is 3.11. The fourth-order valence-corrected chi connectivity index (χ4v) is 1.81. The third-order valence-corrected chi connectivity index (χ3v) is 2.77. The van der Waals surface area contributed by atoms with Gasteiger partial charge in [-0.2, -0.15) is 0 Å². The second-order valence-corrected chi connectivity index (χ2v) is 3.96. The Morgan fingerprint density at radius 1 is 1.06 bits per heavy atom. The molecule has 0 amide bonds. The van der Waals surface area contributed by atoms with Gasteiger partial charge in [-0.05, 0) is 35.9 Å². The van der Waals surface area contributed by atoms with Crippen LogP contribution in [0.1, 0.15) is 0 Å². The van der Waals surface area contributed by atoms with Gasteiger partial charge in [0.1, 0.15) is 5.75 Å². The van der Waals surface area contributed by atoms with E-state index in [4.69, 9.17) is 16.3 Å². The predicted octanol–water partition coefficient (Wildman–Crippen LogP) is 3.43. The summed E-state index contributed by atoms with van der Waals surface area (Å²) >= 11 is 6.05. The molecule has 0 aromatic heterocycles. The maximum Gasteiger partial charge on any atom is 0.161 e. The summed E-state index contributed by atoms with van der Waals surface area (Å²) in [6.07, 6.45) is 0. The van der Waals surface area contributed by atoms with Gasteiger partial charge in [-0.25, -0.2) is 0 Å². The van der Waals surface area contributed by atoms with Crippen LogP contribution < -0.4 is 4.74 Å². The van der Waals surface area contributed by atoms with E-state index >= 15 is 0 Å². The van der Waals surface area contributed by atoms with Crippen molar-refractivity contribution in [2.75, 3.05) is 7.11 Å². The van der Waals surface area contributed by atoms with Gasteiger partial charge in [0.2, 0.25) is 0 Å². The van der Waals surface area contributed by atoms with Crippen molar-refractivity contribution in [3.05, 3.63) is 41.4 Å². The van der Waals surface area contributed by atoms with Crippen molar-refractivity contribution >= 4 is 11.6 Å². The SMILES string of the molecule is COc1cc(-c2cc(O)ccc2Cl)ccc1O. The summed E-state index contributed by atoms with van der Waals surface area (Å²) in [6, 6.07) is 9.59. The molecule has 0 saturated heterocycles. The molecule has 0 aliphatic carbocycles. The third-order valence-electron chi connectivity index (χ3n) is 2.44. The highest BCUT2D eigenvalue weighted by Crippen LogP contribution is 2.36. The minimum Gasteiger partial charge on any atom is -0.508 e. The molecule has 4 heteroatoms. The summed E-state index contributed by atoms with van der Waals surface area (Å²) in [6.45, 7) is 0. The number of phenolic OH excluding ortho intramolecular Hbond substituents is 2. The zero-order chi connectivity index (χ0) is 12.4. The van der Waals surface area contributed by atoms with Crippen LogP contribution in [0.2, 0.25) is 5.02 Å². The van der Waals surface area contributed by atoms with Gasteiger partial charge in [0.15, 0.2) is 11.5 Å². The Hall–Kier alpha value is -1.87. The first-order valence-corrected chi connectivity index (χ1v) is 5.35. The summed E-state index contributed by atoms with van der Waals surface area (Å²) in [5.41, 5.74) is 1.45. The lowest BCUT2D eigenvalue weighted by molar-refractivity contribution is 0.373. The highest BCUT2D eigenvalue weighted by atomic mass is 35.5. The highest BCUT2D eigenvalue weighted by molar-refractivity contribution is 6.33. The average molecular weight is 251 g/mol. The molecule has 0 saturated carbocycles. The fraction of sp³-hybridized carbons (Fsp3) is 0.0769. The molecule has 0 unspecified atom stereocenters. The molecule has 0 heterocycles. The van der Waals surface area contributed by atoms with E-state index in [0.29, 0.717) is 16.3 Å². The van der Waals surface area contributed by atoms with Crippen molar-refractivity contribution in [2.45, 2.75) is 0 Å². The molecule has 0 bridgehead atoms. The summed E-state index contributed by atoms with van der Waals surface area (Å²) in [4.78, 5) is 0. The van der Waals surface area contributed by atoms with Gasteiger partial charge in [-0.1, -0.05) is 17.7 Å². The average Bonchev–Trinajstić information content (AvgIpc) is 2.33. The molecule has 2 aromatic carbocycles. The molecule has 2 rings (SSSR count). The topological polar surface area (TPSA) is 49.7 Å². The first-order chi connectivity index (χ1) is 8.11. The van der Waals surface area contributed by atoms with E-state index in [2.05, 4.69) is 0 Å². The Labute approximate surface area is 104 Å². The zero-order valence-corrected chi connectivity index (χ0v) is 9.90. The van der Waals surface area contributed by atoms with Crippen LogP contribution in [0.25, 0.3) is 11.1 Å². The number of benzene rings is 2. The van der Waals surface area contributed by atoms with Gasteiger partial charge < -0.3 is 14.9 Å². The molecule has 2 aromatic rings. The molecule has 0 aliphatic heterocycles.